The molecule has 0 saturated carbocycles. The fourth-order valence-electron chi connectivity index (χ4n) is 1.41. The van der Waals surface area contributed by atoms with Gasteiger partial charge in [0.25, 0.3) is 0 Å². The Bertz CT molecular complexity index is 364. The van der Waals surface area contributed by atoms with E-state index in [4.69, 9.17) is 0 Å². The number of hydrogen-bond donors (Lipinski definition) is 0. The third kappa shape index (κ3) is 5.06. The second kappa shape index (κ2) is 6.98. The van der Waals surface area contributed by atoms with Gasteiger partial charge in [-0.05, 0) is 39.9 Å². The van der Waals surface area contributed by atoms with Crippen LogP contribution in [0.1, 0.15) is 32.4 Å². The van der Waals surface area contributed by atoms with Gasteiger partial charge in [0, 0.05) is 11.3 Å². The molecule has 98 valence electrons. The van der Waals surface area contributed by atoms with Crippen molar-refractivity contribution in [1.82, 2.24) is 4.90 Å². The fourth-order valence-corrected chi connectivity index (χ4v) is 2.28. The molecule has 0 spiro atoms. The van der Waals surface area contributed by atoms with Crippen molar-refractivity contribution >= 4 is 12.4 Å². The summed E-state index contributed by atoms with van der Waals surface area (Å²) in [4.78, 5) is 2.16. The summed E-state index contributed by atoms with van der Waals surface area (Å²) in [5.41, 5.74) is 1.26. The second-order valence-corrected chi connectivity index (χ2v) is 7.80. The van der Waals surface area contributed by atoms with E-state index in [1.807, 2.05) is 26.0 Å². The molecule has 0 amide bonds. The van der Waals surface area contributed by atoms with Crippen LogP contribution in [-0.2, 0) is 4.57 Å². The second-order valence-electron chi connectivity index (χ2n) is 4.58. The Kier molecular flexibility index (Phi) is 6.74. The predicted octanol–water partition coefficient (Wildman–Crippen LogP) is 3.58. The van der Waals surface area contributed by atoms with Crippen molar-refractivity contribution < 1.29 is 4.57 Å². The normalized spacial score (nSPS) is 12.9. The fraction of sp³-hybridized carbons (Fsp3) is 0.571. The Balaban J connectivity index is 0.00000121. The topological polar surface area (TPSA) is 20.3 Å². The Morgan fingerprint density at radius 1 is 1.06 bits per heavy atom. The van der Waals surface area contributed by atoms with Crippen LogP contribution < -0.4 is 5.30 Å². The molecular formula is C14H26NOP. The van der Waals surface area contributed by atoms with Gasteiger partial charge in [-0.15, -0.1) is 0 Å². The van der Waals surface area contributed by atoms with Crippen LogP contribution in [0.15, 0.2) is 24.3 Å². The van der Waals surface area contributed by atoms with Crippen molar-refractivity contribution in [1.29, 1.82) is 0 Å². The Labute approximate surface area is 106 Å². The van der Waals surface area contributed by atoms with Crippen molar-refractivity contribution in [2.45, 2.75) is 26.8 Å². The van der Waals surface area contributed by atoms with E-state index in [0.717, 1.165) is 5.30 Å². The Morgan fingerprint density at radius 2 is 1.47 bits per heavy atom. The highest BCUT2D eigenvalue weighted by Gasteiger charge is 2.12. The van der Waals surface area contributed by atoms with Gasteiger partial charge in [0.15, 0.2) is 0 Å². The van der Waals surface area contributed by atoms with E-state index in [9.17, 15) is 4.57 Å². The molecule has 1 rings (SSSR count). The van der Waals surface area contributed by atoms with Gasteiger partial charge >= 0.3 is 0 Å². The number of nitrogens with zero attached hydrogens (tertiary/aromatic N) is 1. The third-order valence-corrected chi connectivity index (χ3v) is 4.31. The van der Waals surface area contributed by atoms with Crippen LogP contribution >= 0.6 is 7.14 Å². The monoisotopic (exact) mass is 255 g/mol. The SMILES string of the molecule is CC.CC(c1ccc(P(C)(C)=O)cc1)N(C)C. The Hall–Kier alpha value is -0.590. The van der Waals surface area contributed by atoms with Gasteiger partial charge in [0.1, 0.15) is 7.14 Å². The van der Waals surface area contributed by atoms with Crippen molar-refractivity contribution in [3.8, 4) is 0 Å². The molecule has 1 atom stereocenters. The first-order chi connectivity index (χ1) is 7.82. The molecule has 0 fully saturated rings. The summed E-state index contributed by atoms with van der Waals surface area (Å²) >= 11 is 0. The molecule has 0 saturated heterocycles. The summed E-state index contributed by atoms with van der Waals surface area (Å²) in [6.07, 6.45) is 0. The molecule has 1 aromatic carbocycles. The average Bonchev–Trinajstić information content (AvgIpc) is 2.29. The molecule has 1 aromatic rings. The van der Waals surface area contributed by atoms with Crippen molar-refractivity contribution in [2.24, 2.45) is 0 Å². The number of hydrogen-bond acceptors (Lipinski definition) is 2. The molecular weight excluding hydrogens is 229 g/mol. The maximum atomic E-state index is 11.8. The van der Waals surface area contributed by atoms with Crippen molar-refractivity contribution in [3.05, 3.63) is 29.8 Å². The van der Waals surface area contributed by atoms with E-state index in [0.29, 0.717) is 6.04 Å². The molecule has 0 aromatic heterocycles. The van der Waals surface area contributed by atoms with Crippen LogP contribution in [0.25, 0.3) is 0 Å². The van der Waals surface area contributed by atoms with E-state index in [1.54, 1.807) is 13.3 Å². The smallest absolute Gasteiger partial charge is 0.109 e. The van der Waals surface area contributed by atoms with Gasteiger partial charge in [-0.25, -0.2) is 0 Å². The zero-order valence-corrected chi connectivity index (χ0v) is 13.1. The summed E-state index contributed by atoms with van der Waals surface area (Å²) in [5, 5.41) is 0.956. The molecule has 3 heteroatoms. The predicted molar refractivity (Wildman–Crippen MR) is 79.0 cm³/mol. The molecule has 17 heavy (non-hydrogen) atoms. The average molecular weight is 255 g/mol. The van der Waals surface area contributed by atoms with Crippen LogP contribution in [0.5, 0.6) is 0 Å². The molecule has 0 N–H and O–H groups in total. The first-order valence-corrected chi connectivity index (χ1v) is 8.74. The lowest BCUT2D eigenvalue weighted by Gasteiger charge is -2.20. The van der Waals surface area contributed by atoms with Gasteiger partial charge in [-0.2, -0.15) is 0 Å². The minimum Gasteiger partial charge on any atom is -0.319 e. The van der Waals surface area contributed by atoms with E-state index in [1.165, 1.54) is 5.56 Å². The van der Waals surface area contributed by atoms with Gasteiger partial charge in [0.2, 0.25) is 0 Å². The van der Waals surface area contributed by atoms with Gasteiger partial charge < -0.3 is 9.46 Å². The van der Waals surface area contributed by atoms with Gasteiger partial charge in [-0.3, -0.25) is 0 Å². The van der Waals surface area contributed by atoms with E-state index < -0.39 is 7.14 Å². The molecule has 0 radical (unpaired) electrons. The van der Waals surface area contributed by atoms with E-state index in [-0.39, 0.29) is 0 Å². The first kappa shape index (κ1) is 16.4. The van der Waals surface area contributed by atoms with E-state index >= 15 is 0 Å². The Morgan fingerprint density at radius 3 is 1.76 bits per heavy atom. The van der Waals surface area contributed by atoms with Crippen LogP contribution in [0.2, 0.25) is 0 Å². The van der Waals surface area contributed by atoms with Crippen molar-refractivity contribution in [2.75, 3.05) is 27.4 Å². The maximum absolute atomic E-state index is 11.8. The lowest BCUT2D eigenvalue weighted by Crippen LogP contribution is -2.17. The summed E-state index contributed by atoms with van der Waals surface area (Å²) < 4.78 is 11.8. The summed E-state index contributed by atoms with van der Waals surface area (Å²) in [6.45, 7) is 9.77. The molecule has 1 unspecified atom stereocenters. The van der Waals surface area contributed by atoms with Crippen LogP contribution in [-0.4, -0.2) is 32.3 Å². The van der Waals surface area contributed by atoms with Crippen LogP contribution in [0.4, 0.5) is 0 Å². The zero-order chi connectivity index (χ0) is 13.6. The molecule has 0 aliphatic carbocycles. The maximum Gasteiger partial charge on any atom is 0.109 e. The highest BCUT2D eigenvalue weighted by Crippen LogP contribution is 2.34. The quantitative estimate of drug-likeness (QED) is 0.769. The van der Waals surface area contributed by atoms with Crippen LogP contribution in [0.3, 0.4) is 0 Å². The lowest BCUT2D eigenvalue weighted by atomic mass is 10.1. The largest absolute Gasteiger partial charge is 0.319 e. The number of rotatable bonds is 3. The van der Waals surface area contributed by atoms with Crippen LogP contribution in [0, 0.1) is 0 Å². The first-order valence-electron chi connectivity index (χ1n) is 6.14. The lowest BCUT2D eigenvalue weighted by molar-refractivity contribution is 0.321. The molecule has 0 heterocycles. The summed E-state index contributed by atoms with van der Waals surface area (Å²) in [6, 6.07) is 8.50. The highest BCUT2D eigenvalue weighted by atomic mass is 31.2. The standard InChI is InChI=1S/C12H20NOP.C2H6/c1-10(13(2)3)11-6-8-12(9-7-11)15(4,5)14;1-2/h6-10H,1-5H3;1-2H3. The number of benzene rings is 1. The van der Waals surface area contributed by atoms with E-state index in [2.05, 4.69) is 38.1 Å². The van der Waals surface area contributed by atoms with Gasteiger partial charge in [0.05, 0.1) is 0 Å². The highest BCUT2D eigenvalue weighted by molar-refractivity contribution is 7.70. The third-order valence-electron chi connectivity index (χ3n) is 2.77. The molecule has 0 aliphatic rings. The minimum atomic E-state index is -2.11. The van der Waals surface area contributed by atoms with Crippen molar-refractivity contribution in [3.63, 3.8) is 0 Å². The molecule has 0 bridgehead atoms. The molecule has 0 aliphatic heterocycles. The zero-order valence-electron chi connectivity index (χ0n) is 12.2. The summed E-state index contributed by atoms with van der Waals surface area (Å²) in [5.74, 6) is 0. The summed E-state index contributed by atoms with van der Waals surface area (Å²) in [7, 11) is 2.01. The van der Waals surface area contributed by atoms with Gasteiger partial charge in [-0.1, -0.05) is 38.1 Å². The molecule has 2 nitrogen and oxygen atoms in total. The minimum absolute atomic E-state index is 0.396.